The number of thiophene rings is 1. The lowest BCUT2D eigenvalue weighted by atomic mass is 10.2. The lowest BCUT2D eigenvalue weighted by Crippen LogP contribution is -1.77. The van der Waals surface area contributed by atoms with Crippen LogP contribution in [0.25, 0.3) is 10.4 Å². The fourth-order valence-electron chi connectivity index (χ4n) is 1.01. The molecule has 0 amide bonds. The monoisotopic (exact) mass is 176 g/mol. The molecule has 2 heterocycles. The highest BCUT2D eigenvalue weighted by Gasteiger charge is 1.98. The van der Waals surface area contributed by atoms with Gasteiger partial charge < -0.3 is 5.73 Å². The molecule has 0 aromatic carbocycles. The van der Waals surface area contributed by atoms with Crippen LogP contribution in [0.2, 0.25) is 0 Å². The molecule has 0 atom stereocenters. The second-order valence-electron chi connectivity index (χ2n) is 2.49. The van der Waals surface area contributed by atoms with Crippen molar-refractivity contribution < 1.29 is 0 Å². The summed E-state index contributed by atoms with van der Waals surface area (Å²) in [5.74, 6) is 0. The van der Waals surface area contributed by atoms with Crippen LogP contribution in [0.4, 0.5) is 5.69 Å². The van der Waals surface area contributed by atoms with Crippen LogP contribution in [-0.2, 0) is 0 Å². The molecule has 0 saturated heterocycles. The Morgan fingerprint density at radius 1 is 1.42 bits per heavy atom. The highest BCUT2D eigenvalue weighted by atomic mass is 32.1. The van der Waals surface area contributed by atoms with Gasteiger partial charge in [-0.1, -0.05) is 6.07 Å². The topological polar surface area (TPSA) is 38.9 Å². The van der Waals surface area contributed by atoms with Crippen LogP contribution in [0.1, 0.15) is 0 Å². The molecule has 0 unspecified atom stereocenters. The predicted octanol–water partition coefficient (Wildman–Crippen LogP) is 2.39. The Morgan fingerprint density at radius 3 is 2.92 bits per heavy atom. The molecule has 0 spiro atoms. The molecule has 3 heteroatoms. The average Bonchev–Trinajstić information content (AvgIpc) is 2.54. The zero-order chi connectivity index (χ0) is 8.39. The Bertz CT molecular complexity index is 367. The third-order valence-electron chi connectivity index (χ3n) is 1.57. The molecule has 2 aromatic heterocycles. The Labute approximate surface area is 74.7 Å². The number of anilines is 1. The Morgan fingerprint density at radius 2 is 2.33 bits per heavy atom. The molecule has 60 valence electrons. The van der Waals surface area contributed by atoms with E-state index in [1.807, 2.05) is 29.8 Å². The number of hydrogen-bond donors (Lipinski definition) is 1. The van der Waals surface area contributed by atoms with Crippen molar-refractivity contribution in [3.63, 3.8) is 0 Å². The summed E-state index contributed by atoms with van der Waals surface area (Å²) >= 11 is 1.64. The summed E-state index contributed by atoms with van der Waals surface area (Å²) in [5.41, 5.74) is 7.55. The molecule has 2 nitrogen and oxygen atoms in total. The lowest BCUT2D eigenvalue weighted by molar-refractivity contribution is 1.33. The van der Waals surface area contributed by atoms with Gasteiger partial charge in [-0.15, -0.1) is 11.3 Å². The van der Waals surface area contributed by atoms with Gasteiger partial charge in [0, 0.05) is 33.9 Å². The fraction of sp³-hybridized carbons (Fsp3) is 0. The maximum atomic E-state index is 5.61. The van der Waals surface area contributed by atoms with Gasteiger partial charge in [0.2, 0.25) is 0 Å². The Balaban J connectivity index is 2.45. The third-order valence-corrected chi connectivity index (χ3v) is 2.56. The van der Waals surface area contributed by atoms with Gasteiger partial charge in [-0.25, -0.2) is 0 Å². The van der Waals surface area contributed by atoms with Crippen LogP contribution in [0, 0.1) is 0 Å². The van der Waals surface area contributed by atoms with Crippen molar-refractivity contribution in [3.05, 3.63) is 36.0 Å². The largest absolute Gasteiger partial charge is 0.398 e. The molecular weight excluding hydrogens is 168 g/mol. The van der Waals surface area contributed by atoms with Gasteiger partial charge in [0.1, 0.15) is 0 Å². The van der Waals surface area contributed by atoms with Gasteiger partial charge in [-0.2, -0.15) is 0 Å². The van der Waals surface area contributed by atoms with Gasteiger partial charge in [0.25, 0.3) is 0 Å². The first-order chi connectivity index (χ1) is 5.86. The number of nitrogens with zero attached hydrogens (tertiary/aromatic N) is 1. The van der Waals surface area contributed by atoms with Crippen molar-refractivity contribution in [3.8, 4) is 10.4 Å². The number of nitrogens with two attached hydrogens (primary N) is 1. The van der Waals surface area contributed by atoms with Crippen LogP contribution in [-0.4, -0.2) is 4.98 Å². The van der Waals surface area contributed by atoms with E-state index in [0.717, 1.165) is 11.3 Å². The molecule has 0 saturated carbocycles. The number of rotatable bonds is 1. The minimum atomic E-state index is 0.818. The van der Waals surface area contributed by atoms with Crippen LogP contribution in [0.5, 0.6) is 0 Å². The van der Waals surface area contributed by atoms with Gasteiger partial charge in [-0.3, -0.25) is 4.98 Å². The molecular formula is C9H8N2S. The van der Waals surface area contributed by atoms with Crippen LogP contribution < -0.4 is 5.73 Å². The standard InChI is InChI=1S/C9H8N2S/c10-8-4-9(12-6-8)7-2-1-3-11-5-7/h1-6H,10H2. The van der Waals surface area contributed by atoms with Crippen molar-refractivity contribution >= 4 is 17.0 Å². The minimum Gasteiger partial charge on any atom is -0.398 e. The van der Waals surface area contributed by atoms with E-state index in [4.69, 9.17) is 5.73 Å². The smallest absolute Gasteiger partial charge is 0.0429 e. The molecule has 0 aliphatic carbocycles. The van der Waals surface area contributed by atoms with Crippen molar-refractivity contribution in [2.45, 2.75) is 0 Å². The second-order valence-corrected chi connectivity index (χ2v) is 3.40. The number of pyridine rings is 1. The summed E-state index contributed by atoms with van der Waals surface area (Å²) in [6.45, 7) is 0. The van der Waals surface area contributed by atoms with E-state index >= 15 is 0 Å². The number of aromatic nitrogens is 1. The highest BCUT2D eigenvalue weighted by molar-refractivity contribution is 7.14. The Hall–Kier alpha value is -1.35. The summed E-state index contributed by atoms with van der Waals surface area (Å²) in [5, 5.41) is 1.93. The maximum absolute atomic E-state index is 5.61. The summed E-state index contributed by atoms with van der Waals surface area (Å²) in [6, 6.07) is 5.91. The number of nitrogen functional groups attached to an aromatic ring is 1. The molecule has 0 bridgehead atoms. The first-order valence-electron chi connectivity index (χ1n) is 3.60. The zero-order valence-electron chi connectivity index (χ0n) is 6.40. The van der Waals surface area contributed by atoms with Gasteiger partial charge in [-0.05, 0) is 12.1 Å². The first-order valence-corrected chi connectivity index (χ1v) is 4.48. The van der Waals surface area contributed by atoms with E-state index in [-0.39, 0.29) is 0 Å². The Kier molecular flexibility index (Phi) is 1.80. The van der Waals surface area contributed by atoms with Crippen LogP contribution in [0.15, 0.2) is 36.0 Å². The molecule has 0 aliphatic rings. The first kappa shape index (κ1) is 7.31. The second kappa shape index (κ2) is 2.95. The van der Waals surface area contributed by atoms with Crippen molar-refractivity contribution in [1.29, 1.82) is 0 Å². The van der Waals surface area contributed by atoms with Crippen LogP contribution >= 0.6 is 11.3 Å². The molecule has 0 aliphatic heterocycles. The summed E-state index contributed by atoms with van der Waals surface area (Å²) < 4.78 is 0. The SMILES string of the molecule is Nc1csc(-c2cccnc2)c1. The van der Waals surface area contributed by atoms with Crippen molar-refractivity contribution in [2.75, 3.05) is 5.73 Å². The van der Waals surface area contributed by atoms with E-state index in [1.165, 1.54) is 4.88 Å². The highest BCUT2D eigenvalue weighted by Crippen LogP contribution is 2.27. The van der Waals surface area contributed by atoms with E-state index in [0.29, 0.717) is 0 Å². The van der Waals surface area contributed by atoms with Gasteiger partial charge >= 0.3 is 0 Å². The molecule has 2 N–H and O–H groups in total. The average molecular weight is 176 g/mol. The van der Waals surface area contributed by atoms with E-state index in [9.17, 15) is 0 Å². The molecule has 0 fully saturated rings. The summed E-state index contributed by atoms with van der Waals surface area (Å²) in [4.78, 5) is 5.20. The maximum Gasteiger partial charge on any atom is 0.0429 e. The van der Waals surface area contributed by atoms with Crippen molar-refractivity contribution in [1.82, 2.24) is 4.98 Å². The lowest BCUT2D eigenvalue weighted by Gasteiger charge is -1.92. The molecule has 12 heavy (non-hydrogen) atoms. The van der Waals surface area contributed by atoms with Gasteiger partial charge in [0.15, 0.2) is 0 Å². The molecule has 2 aromatic rings. The minimum absolute atomic E-state index is 0.818. The molecule has 2 rings (SSSR count). The van der Waals surface area contributed by atoms with Gasteiger partial charge in [0.05, 0.1) is 0 Å². The van der Waals surface area contributed by atoms with E-state index in [1.54, 1.807) is 17.5 Å². The van der Waals surface area contributed by atoms with Crippen molar-refractivity contribution in [2.24, 2.45) is 0 Å². The third kappa shape index (κ3) is 1.31. The van der Waals surface area contributed by atoms with E-state index in [2.05, 4.69) is 4.98 Å². The normalized spacial score (nSPS) is 10.0. The van der Waals surface area contributed by atoms with Crippen LogP contribution in [0.3, 0.4) is 0 Å². The zero-order valence-corrected chi connectivity index (χ0v) is 7.21. The summed E-state index contributed by atoms with van der Waals surface area (Å²) in [7, 11) is 0. The predicted molar refractivity (Wildman–Crippen MR) is 52.0 cm³/mol. The quantitative estimate of drug-likeness (QED) is 0.724. The van der Waals surface area contributed by atoms with E-state index < -0.39 is 0 Å². The summed E-state index contributed by atoms with van der Waals surface area (Å²) in [6.07, 6.45) is 3.60. The fourth-order valence-corrected chi connectivity index (χ4v) is 1.80. The molecule has 0 radical (unpaired) electrons. The number of hydrogen-bond acceptors (Lipinski definition) is 3.